The minimum absolute atomic E-state index is 0.243. The molecule has 0 fully saturated rings. The Balaban J connectivity index is 2.62. The van der Waals surface area contributed by atoms with Gasteiger partial charge in [-0.2, -0.15) is 10.4 Å². The van der Waals surface area contributed by atoms with Crippen LogP contribution < -0.4 is 5.32 Å². The molecule has 0 spiro atoms. The van der Waals surface area contributed by atoms with Crippen LogP contribution >= 0.6 is 0 Å². The van der Waals surface area contributed by atoms with Crippen molar-refractivity contribution < 1.29 is 0 Å². The van der Waals surface area contributed by atoms with Gasteiger partial charge in [0.25, 0.3) is 0 Å². The lowest BCUT2D eigenvalue weighted by Gasteiger charge is -2.11. The van der Waals surface area contributed by atoms with Crippen LogP contribution in [0.25, 0.3) is 0 Å². The van der Waals surface area contributed by atoms with Gasteiger partial charge in [0.15, 0.2) is 0 Å². The second-order valence-corrected chi connectivity index (χ2v) is 3.99. The maximum absolute atomic E-state index is 9.02. The van der Waals surface area contributed by atoms with E-state index in [1.54, 1.807) is 6.20 Å². The molecule has 0 aromatic carbocycles. The normalized spacial score (nSPS) is 12.7. The Morgan fingerprint density at radius 1 is 1.60 bits per heavy atom. The first-order chi connectivity index (χ1) is 7.17. The van der Waals surface area contributed by atoms with Crippen molar-refractivity contribution in [1.29, 1.82) is 5.26 Å². The highest BCUT2D eigenvalue weighted by molar-refractivity contribution is 5.17. The summed E-state index contributed by atoms with van der Waals surface area (Å²) < 4.78 is 1.83. The summed E-state index contributed by atoms with van der Waals surface area (Å²) in [7, 11) is 0. The fourth-order valence-corrected chi connectivity index (χ4v) is 1.29. The molecule has 4 nitrogen and oxygen atoms in total. The van der Waals surface area contributed by atoms with Gasteiger partial charge in [-0.05, 0) is 19.4 Å². The molecule has 0 radical (unpaired) electrons. The van der Waals surface area contributed by atoms with E-state index in [4.69, 9.17) is 5.26 Å². The van der Waals surface area contributed by atoms with E-state index >= 15 is 0 Å². The first kappa shape index (κ1) is 11.7. The van der Waals surface area contributed by atoms with Crippen molar-refractivity contribution in [2.75, 3.05) is 6.54 Å². The molecular formula is C11H18N4. The van der Waals surface area contributed by atoms with E-state index in [1.807, 2.05) is 17.8 Å². The molecular weight excluding hydrogens is 188 g/mol. The Morgan fingerprint density at radius 3 is 2.80 bits per heavy atom. The Labute approximate surface area is 90.9 Å². The smallest absolute Gasteiger partial charge is 0.124 e. The summed E-state index contributed by atoms with van der Waals surface area (Å²) in [6.07, 6.45) is 3.67. The van der Waals surface area contributed by atoms with Crippen molar-refractivity contribution in [3.63, 3.8) is 0 Å². The molecule has 0 aliphatic heterocycles. The highest BCUT2D eigenvalue weighted by Crippen LogP contribution is 2.11. The predicted octanol–water partition coefficient (Wildman–Crippen LogP) is 1.71. The third-order valence-electron chi connectivity index (χ3n) is 2.17. The number of nitrogens with zero attached hydrogens (tertiary/aromatic N) is 3. The molecule has 1 heterocycles. The molecule has 0 saturated heterocycles. The van der Waals surface area contributed by atoms with Crippen LogP contribution in [-0.2, 0) is 6.54 Å². The van der Waals surface area contributed by atoms with Crippen molar-refractivity contribution >= 4 is 0 Å². The van der Waals surface area contributed by atoms with Crippen molar-refractivity contribution in [3.8, 4) is 6.07 Å². The van der Waals surface area contributed by atoms with E-state index in [1.165, 1.54) is 0 Å². The molecule has 15 heavy (non-hydrogen) atoms. The first-order valence-corrected chi connectivity index (χ1v) is 5.32. The largest absolute Gasteiger partial charge is 0.298 e. The number of hydrogen-bond donors (Lipinski definition) is 1. The van der Waals surface area contributed by atoms with Crippen LogP contribution in [0.15, 0.2) is 12.4 Å². The van der Waals surface area contributed by atoms with E-state index in [2.05, 4.69) is 30.3 Å². The highest BCUT2D eigenvalue weighted by Gasteiger charge is 2.11. The zero-order chi connectivity index (χ0) is 11.3. The van der Waals surface area contributed by atoms with Crippen LogP contribution in [0.4, 0.5) is 0 Å². The lowest BCUT2D eigenvalue weighted by Crippen LogP contribution is -2.24. The van der Waals surface area contributed by atoms with Gasteiger partial charge in [-0.25, -0.2) is 0 Å². The summed E-state index contributed by atoms with van der Waals surface area (Å²) in [5.41, 5.74) is 0.944. The molecule has 0 aliphatic rings. The Hall–Kier alpha value is -1.34. The van der Waals surface area contributed by atoms with Crippen LogP contribution in [0.1, 0.15) is 32.4 Å². The average Bonchev–Trinajstić information content (AvgIpc) is 2.67. The Morgan fingerprint density at radius 2 is 2.33 bits per heavy atom. The lowest BCUT2D eigenvalue weighted by atomic mass is 10.1. The number of nitriles is 1. The van der Waals surface area contributed by atoms with Crippen LogP contribution in [0, 0.1) is 17.2 Å². The maximum atomic E-state index is 9.02. The van der Waals surface area contributed by atoms with Gasteiger partial charge < -0.3 is 0 Å². The number of aromatic nitrogens is 2. The lowest BCUT2D eigenvalue weighted by molar-refractivity contribution is 0.524. The summed E-state index contributed by atoms with van der Waals surface area (Å²) >= 11 is 0. The zero-order valence-corrected chi connectivity index (χ0v) is 9.57. The molecule has 82 valence electrons. The molecule has 1 atom stereocenters. The minimum atomic E-state index is -0.243. The van der Waals surface area contributed by atoms with Crippen molar-refractivity contribution in [2.45, 2.75) is 33.4 Å². The van der Waals surface area contributed by atoms with Gasteiger partial charge in [0.2, 0.25) is 0 Å². The third-order valence-corrected chi connectivity index (χ3v) is 2.17. The molecule has 1 aromatic heterocycles. The van der Waals surface area contributed by atoms with Gasteiger partial charge in [0.1, 0.15) is 6.04 Å². The van der Waals surface area contributed by atoms with E-state index < -0.39 is 0 Å². The van der Waals surface area contributed by atoms with E-state index in [-0.39, 0.29) is 6.04 Å². The molecule has 0 saturated carbocycles. The molecule has 0 amide bonds. The highest BCUT2D eigenvalue weighted by atomic mass is 15.3. The van der Waals surface area contributed by atoms with Crippen LogP contribution in [0.2, 0.25) is 0 Å². The minimum Gasteiger partial charge on any atom is -0.298 e. The van der Waals surface area contributed by atoms with Crippen molar-refractivity contribution in [1.82, 2.24) is 15.1 Å². The molecule has 0 aliphatic carbocycles. The number of rotatable bonds is 5. The molecule has 1 aromatic rings. The topological polar surface area (TPSA) is 53.6 Å². The number of aryl methyl sites for hydroxylation is 1. The summed E-state index contributed by atoms with van der Waals surface area (Å²) in [6, 6.07) is 2.00. The fourth-order valence-electron chi connectivity index (χ4n) is 1.29. The second-order valence-electron chi connectivity index (χ2n) is 3.99. The SMILES string of the molecule is CCn1cc(C(C#N)NCC(C)C)cn1. The van der Waals surface area contributed by atoms with Crippen LogP contribution in [0.3, 0.4) is 0 Å². The van der Waals surface area contributed by atoms with Gasteiger partial charge in [-0.15, -0.1) is 0 Å². The van der Waals surface area contributed by atoms with Gasteiger partial charge in [0.05, 0.1) is 12.3 Å². The van der Waals surface area contributed by atoms with Crippen molar-refractivity contribution in [3.05, 3.63) is 18.0 Å². The quantitative estimate of drug-likeness (QED) is 0.798. The van der Waals surface area contributed by atoms with E-state index in [0.29, 0.717) is 5.92 Å². The maximum Gasteiger partial charge on any atom is 0.124 e. The Kier molecular flexibility index (Phi) is 4.32. The van der Waals surface area contributed by atoms with Crippen LogP contribution in [0.5, 0.6) is 0 Å². The molecule has 0 bridgehead atoms. The second kappa shape index (κ2) is 5.52. The summed E-state index contributed by atoms with van der Waals surface area (Å²) in [5, 5.41) is 16.4. The summed E-state index contributed by atoms with van der Waals surface area (Å²) in [6.45, 7) is 7.95. The molecule has 1 rings (SSSR count). The first-order valence-electron chi connectivity index (χ1n) is 5.32. The predicted molar refractivity (Wildman–Crippen MR) is 59.1 cm³/mol. The van der Waals surface area contributed by atoms with Gasteiger partial charge >= 0.3 is 0 Å². The zero-order valence-electron chi connectivity index (χ0n) is 9.57. The van der Waals surface area contributed by atoms with Crippen molar-refractivity contribution in [2.24, 2.45) is 5.92 Å². The molecule has 4 heteroatoms. The number of hydrogen-bond acceptors (Lipinski definition) is 3. The summed E-state index contributed by atoms with van der Waals surface area (Å²) in [4.78, 5) is 0. The van der Waals surface area contributed by atoms with Gasteiger partial charge in [0, 0.05) is 18.3 Å². The Bertz CT molecular complexity index is 335. The number of nitrogens with one attached hydrogen (secondary N) is 1. The molecule has 1 unspecified atom stereocenters. The van der Waals surface area contributed by atoms with Crippen LogP contribution in [-0.4, -0.2) is 16.3 Å². The summed E-state index contributed by atoms with van der Waals surface area (Å²) in [5.74, 6) is 0.544. The third kappa shape index (κ3) is 3.37. The monoisotopic (exact) mass is 206 g/mol. The van der Waals surface area contributed by atoms with E-state index in [0.717, 1.165) is 18.7 Å². The van der Waals surface area contributed by atoms with E-state index in [9.17, 15) is 0 Å². The molecule has 1 N–H and O–H groups in total. The average molecular weight is 206 g/mol. The fraction of sp³-hybridized carbons (Fsp3) is 0.636. The van der Waals surface area contributed by atoms with Gasteiger partial charge in [-0.3, -0.25) is 10.00 Å². The van der Waals surface area contributed by atoms with Gasteiger partial charge in [-0.1, -0.05) is 13.8 Å². The standard InChI is InChI=1S/C11H18N4/c1-4-15-8-10(7-14-15)11(5-12)13-6-9(2)3/h7-9,11,13H,4,6H2,1-3H3.